The minimum absolute atomic E-state index is 0.240. The van der Waals surface area contributed by atoms with Crippen LogP contribution in [0.1, 0.15) is 13.8 Å². The maximum absolute atomic E-state index is 12.9. The molecule has 0 saturated heterocycles. The molecule has 0 aliphatic carbocycles. The zero-order valence-electron chi connectivity index (χ0n) is 15.1. The van der Waals surface area contributed by atoms with Crippen LogP contribution >= 0.6 is 19.6 Å². The minimum atomic E-state index is -3.68. The molecule has 140 valence electrons. The van der Waals surface area contributed by atoms with Crippen molar-refractivity contribution in [3.63, 3.8) is 0 Å². The van der Waals surface area contributed by atoms with Crippen molar-refractivity contribution in [1.82, 2.24) is 0 Å². The first-order valence-corrected chi connectivity index (χ1v) is 11.1. The fourth-order valence-corrected chi connectivity index (χ4v) is 5.29. The van der Waals surface area contributed by atoms with E-state index in [1.807, 2.05) is 42.5 Å². The van der Waals surface area contributed by atoms with Crippen molar-refractivity contribution in [2.75, 3.05) is 18.5 Å². The number of anilines is 2. The van der Waals surface area contributed by atoms with Crippen LogP contribution in [0.3, 0.4) is 0 Å². The molecule has 1 aliphatic heterocycles. The Balaban J connectivity index is 1.83. The minimum Gasteiger partial charge on any atom is -0.403 e. The molecule has 3 aromatic rings. The normalized spacial score (nSPS) is 13.0. The summed E-state index contributed by atoms with van der Waals surface area (Å²) in [5.41, 5.74) is 2.09. The van der Waals surface area contributed by atoms with Crippen LogP contribution in [0, 0.1) is 0 Å². The van der Waals surface area contributed by atoms with Crippen LogP contribution in [0.5, 0.6) is 5.75 Å². The Bertz CT molecular complexity index is 1030. The van der Waals surface area contributed by atoms with Gasteiger partial charge in [-0.1, -0.05) is 48.2 Å². The number of hydrogen-bond acceptors (Lipinski definition) is 6. The van der Waals surface area contributed by atoms with Crippen molar-refractivity contribution in [3.8, 4) is 5.75 Å². The van der Waals surface area contributed by atoms with Gasteiger partial charge in [0, 0.05) is 20.6 Å². The average molecular weight is 401 g/mol. The summed E-state index contributed by atoms with van der Waals surface area (Å²) in [7, 11) is -3.68. The lowest BCUT2D eigenvalue weighted by atomic mass is 10.1. The first-order valence-electron chi connectivity index (χ1n) is 8.82. The molecule has 1 aliphatic rings. The second-order valence-electron chi connectivity index (χ2n) is 5.89. The molecule has 0 fully saturated rings. The first kappa shape index (κ1) is 18.4. The highest BCUT2D eigenvalue weighted by Crippen LogP contribution is 2.54. The highest BCUT2D eigenvalue weighted by atomic mass is 32.2. The third-order valence-corrected chi connectivity index (χ3v) is 6.81. The lowest BCUT2D eigenvalue weighted by Gasteiger charge is -2.25. The van der Waals surface area contributed by atoms with Crippen LogP contribution < -0.4 is 9.84 Å². The number of para-hydroxylation sites is 1. The summed E-state index contributed by atoms with van der Waals surface area (Å²) in [6.45, 7) is 4.00. The van der Waals surface area contributed by atoms with Gasteiger partial charge in [0.25, 0.3) is 0 Å². The van der Waals surface area contributed by atoms with Gasteiger partial charge < -0.3 is 9.84 Å². The third-order valence-electron chi connectivity index (χ3n) is 4.12. The van der Waals surface area contributed by atoms with E-state index < -0.39 is 7.82 Å². The van der Waals surface area contributed by atoms with E-state index in [1.54, 1.807) is 25.6 Å². The summed E-state index contributed by atoms with van der Waals surface area (Å²) >= 11 is 1.65. The number of hydrogen-bond donors (Lipinski definition) is 1. The number of fused-ring (bicyclic) bond motifs is 4. The van der Waals surface area contributed by atoms with Crippen molar-refractivity contribution in [2.45, 2.75) is 23.6 Å². The van der Waals surface area contributed by atoms with Gasteiger partial charge in [0.1, 0.15) is 5.75 Å². The highest BCUT2D eigenvalue weighted by molar-refractivity contribution is 7.99. The lowest BCUT2D eigenvalue weighted by Crippen LogP contribution is -2.05. The van der Waals surface area contributed by atoms with E-state index in [2.05, 4.69) is 17.4 Å². The molecule has 0 amide bonds. The predicted octanol–water partition coefficient (Wildman–Crippen LogP) is 6.61. The Hall–Kier alpha value is -1.98. The predicted molar refractivity (Wildman–Crippen MR) is 109 cm³/mol. The quantitative estimate of drug-likeness (QED) is 0.367. The van der Waals surface area contributed by atoms with Crippen molar-refractivity contribution in [1.29, 1.82) is 0 Å². The third kappa shape index (κ3) is 3.58. The van der Waals surface area contributed by atoms with Gasteiger partial charge in [0.05, 0.1) is 24.6 Å². The molecule has 0 unspecified atom stereocenters. The van der Waals surface area contributed by atoms with Crippen LogP contribution in [0.4, 0.5) is 11.4 Å². The molecule has 3 aromatic carbocycles. The molecule has 0 atom stereocenters. The van der Waals surface area contributed by atoms with Gasteiger partial charge in [-0.25, -0.2) is 4.57 Å². The molecule has 0 aromatic heterocycles. The van der Waals surface area contributed by atoms with Gasteiger partial charge in [0.2, 0.25) is 0 Å². The highest BCUT2D eigenvalue weighted by Gasteiger charge is 2.29. The van der Waals surface area contributed by atoms with Gasteiger partial charge in [0.15, 0.2) is 0 Å². The Morgan fingerprint density at radius 1 is 0.926 bits per heavy atom. The van der Waals surface area contributed by atoms with Gasteiger partial charge in [-0.15, -0.1) is 0 Å². The van der Waals surface area contributed by atoms with E-state index >= 15 is 0 Å². The molecule has 7 heteroatoms. The standard InChI is InChI=1S/C20H20NO4PS/c1-3-23-26(22,24-4-2)25-17-13-19-20(15-10-6-5-9-14(15)17)21-16-11-7-8-12-18(16)27-19/h5-13,21H,3-4H2,1-2H3. The second kappa shape index (κ2) is 7.56. The molecule has 5 nitrogen and oxygen atoms in total. The van der Waals surface area contributed by atoms with Crippen LogP contribution in [-0.2, 0) is 13.6 Å². The molecule has 0 spiro atoms. The Morgan fingerprint density at radius 2 is 1.59 bits per heavy atom. The van der Waals surface area contributed by atoms with Crippen molar-refractivity contribution in [3.05, 3.63) is 54.6 Å². The summed E-state index contributed by atoms with van der Waals surface area (Å²) in [6, 6.07) is 17.9. The van der Waals surface area contributed by atoms with Gasteiger partial charge in [-0.05, 0) is 32.0 Å². The van der Waals surface area contributed by atoms with E-state index in [0.29, 0.717) is 5.75 Å². The van der Waals surface area contributed by atoms with Crippen LogP contribution in [-0.4, -0.2) is 13.2 Å². The van der Waals surface area contributed by atoms with Crippen LogP contribution in [0.25, 0.3) is 10.8 Å². The topological polar surface area (TPSA) is 56.8 Å². The average Bonchev–Trinajstić information content (AvgIpc) is 2.67. The Morgan fingerprint density at radius 3 is 2.33 bits per heavy atom. The zero-order valence-corrected chi connectivity index (χ0v) is 16.8. The summed E-state index contributed by atoms with van der Waals surface area (Å²) in [5.74, 6) is 0.489. The van der Waals surface area contributed by atoms with Crippen molar-refractivity contribution >= 4 is 41.7 Å². The number of rotatable bonds is 6. The van der Waals surface area contributed by atoms with E-state index in [1.165, 1.54) is 0 Å². The van der Waals surface area contributed by atoms with Gasteiger partial charge in [-0.3, -0.25) is 9.05 Å². The first-order chi connectivity index (χ1) is 13.1. The summed E-state index contributed by atoms with van der Waals surface area (Å²) < 4.78 is 29.3. The fraction of sp³-hybridized carbons (Fsp3) is 0.200. The Labute approximate surface area is 162 Å². The maximum atomic E-state index is 12.9. The van der Waals surface area contributed by atoms with Gasteiger partial charge >= 0.3 is 7.82 Å². The smallest absolute Gasteiger partial charge is 0.403 e. The monoisotopic (exact) mass is 401 g/mol. The van der Waals surface area contributed by atoms with E-state index in [9.17, 15) is 4.57 Å². The Kier molecular flexibility index (Phi) is 5.15. The molecular weight excluding hydrogens is 381 g/mol. The molecule has 1 N–H and O–H groups in total. The van der Waals surface area contributed by atoms with Crippen molar-refractivity contribution in [2.24, 2.45) is 0 Å². The SMILES string of the molecule is CCOP(=O)(OCC)Oc1cc2c(c3ccccc13)Nc1ccccc1S2. The fourth-order valence-electron chi connectivity index (χ4n) is 3.04. The molecule has 4 rings (SSSR count). The van der Waals surface area contributed by atoms with Crippen LogP contribution in [0.15, 0.2) is 64.4 Å². The molecule has 0 saturated carbocycles. The molecule has 0 bridgehead atoms. The van der Waals surface area contributed by atoms with E-state index in [4.69, 9.17) is 13.6 Å². The van der Waals surface area contributed by atoms with Crippen molar-refractivity contribution < 1.29 is 18.1 Å². The lowest BCUT2D eigenvalue weighted by molar-refractivity contribution is 0.168. The molecular formula is C20H20NO4PS. The molecule has 1 heterocycles. The molecule has 27 heavy (non-hydrogen) atoms. The number of nitrogens with one attached hydrogen (secondary N) is 1. The summed E-state index contributed by atoms with van der Waals surface area (Å²) in [5, 5.41) is 5.36. The largest absolute Gasteiger partial charge is 0.530 e. The number of phosphoric acid groups is 1. The maximum Gasteiger partial charge on any atom is 0.530 e. The molecule has 0 radical (unpaired) electrons. The van der Waals surface area contributed by atoms with Crippen LogP contribution in [0.2, 0.25) is 0 Å². The summed E-state index contributed by atoms with van der Waals surface area (Å²) in [6.07, 6.45) is 0. The van der Waals surface area contributed by atoms with Gasteiger partial charge in [-0.2, -0.15) is 0 Å². The zero-order chi connectivity index (χ0) is 18.9. The van der Waals surface area contributed by atoms with E-state index in [0.717, 1.165) is 31.9 Å². The summed E-state index contributed by atoms with van der Waals surface area (Å²) in [4.78, 5) is 2.13. The number of benzene rings is 3. The van der Waals surface area contributed by atoms with E-state index in [-0.39, 0.29) is 13.2 Å². The number of phosphoric ester groups is 1. The second-order valence-corrected chi connectivity index (χ2v) is 8.57.